The van der Waals surface area contributed by atoms with Gasteiger partial charge in [0, 0.05) is 11.1 Å². The monoisotopic (exact) mass is 295 g/mol. The fourth-order valence-electron chi connectivity index (χ4n) is 2.48. The van der Waals surface area contributed by atoms with Crippen molar-refractivity contribution in [1.82, 2.24) is 5.06 Å². The second-order valence-corrected chi connectivity index (χ2v) is 6.24. The third kappa shape index (κ3) is 2.09. The molecule has 0 amide bonds. The Bertz CT molecular complexity index is 729. The number of hydroxylamine groups is 2. The molecule has 1 aliphatic rings. The lowest BCUT2D eigenvalue weighted by atomic mass is 9.94. The minimum Gasteiger partial charge on any atom is -0.372 e. The zero-order valence-electron chi connectivity index (χ0n) is 10.6. The van der Waals surface area contributed by atoms with Gasteiger partial charge in [0.2, 0.25) is 0 Å². The van der Waals surface area contributed by atoms with Crippen LogP contribution in [0.2, 0.25) is 0 Å². The highest BCUT2D eigenvalue weighted by Crippen LogP contribution is 2.41. The van der Waals surface area contributed by atoms with Gasteiger partial charge in [-0.25, -0.2) is 0 Å². The highest BCUT2D eigenvalue weighted by atomic mass is 32.2. The van der Waals surface area contributed by atoms with E-state index < -0.39 is 22.6 Å². The van der Waals surface area contributed by atoms with Gasteiger partial charge in [-0.3, -0.25) is 0 Å². The molecule has 7 heteroatoms. The number of aliphatic hydroxyl groups excluding tert-OH is 2. The van der Waals surface area contributed by atoms with Gasteiger partial charge in [0.05, 0.1) is 6.26 Å². The van der Waals surface area contributed by atoms with Crippen molar-refractivity contribution in [2.45, 2.75) is 12.5 Å². The van der Waals surface area contributed by atoms with E-state index >= 15 is 0 Å². The fraction of sp³-hybridized carbons (Fsp3) is 0.231. The van der Waals surface area contributed by atoms with Crippen LogP contribution in [0.1, 0.15) is 23.6 Å². The summed E-state index contributed by atoms with van der Waals surface area (Å²) in [5.74, 6) is 0. The van der Waals surface area contributed by atoms with Crippen molar-refractivity contribution in [2.24, 2.45) is 0 Å². The standard InChI is InChI=1S/C13H13NO5S/c1-20(17,18)19-14-12(15)9-6-2-4-8-5-3-7-10(11(8)9)13(14)16/h2-7,12-13,15-16H,1H3. The Morgan fingerprint density at radius 1 is 1.05 bits per heavy atom. The Balaban J connectivity index is 2.21. The zero-order valence-corrected chi connectivity index (χ0v) is 11.4. The summed E-state index contributed by atoms with van der Waals surface area (Å²) >= 11 is 0. The first-order valence-corrected chi connectivity index (χ1v) is 7.76. The third-order valence-corrected chi connectivity index (χ3v) is 3.67. The first-order valence-electron chi connectivity index (χ1n) is 5.94. The van der Waals surface area contributed by atoms with Gasteiger partial charge in [-0.15, -0.1) is 5.06 Å². The van der Waals surface area contributed by atoms with Crippen molar-refractivity contribution in [1.29, 1.82) is 0 Å². The molecule has 6 nitrogen and oxygen atoms in total. The van der Waals surface area contributed by atoms with E-state index in [9.17, 15) is 18.6 Å². The number of nitrogens with zero attached hydrogens (tertiary/aromatic N) is 1. The molecule has 2 aromatic rings. The summed E-state index contributed by atoms with van der Waals surface area (Å²) in [6.07, 6.45) is -1.87. The molecular formula is C13H13NO5S. The molecule has 3 rings (SSSR count). The Kier molecular flexibility index (Phi) is 3.03. The number of benzene rings is 2. The quantitative estimate of drug-likeness (QED) is 0.860. The van der Waals surface area contributed by atoms with Gasteiger partial charge in [-0.2, -0.15) is 12.7 Å². The highest BCUT2D eigenvalue weighted by molar-refractivity contribution is 7.85. The number of aliphatic hydroxyl groups is 2. The molecular weight excluding hydrogens is 282 g/mol. The van der Waals surface area contributed by atoms with Gasteiger partial charge >= 0.3 is 0 Å². The molecule has 2 N–H and O–H groups in total. The van der Waals surface area contributed by atoms with Crippen LogP contribution in [-0.2, 0) is 14.4 Å². The molecule has 1 heterocycles. The molecule has 1 aliphatic heterocycles. The molecule has 2 unspecified atom stereocenters. The zero-order chi connectivity index (χ0) is 14.5. The number of rotatable bonds is 2. The SMILES string of the molecule is CS(=O)(=O)ON1C(O)c2cccc3cccc(c23)C1O. The summed E-state index contributed by atoms with van der Waals surface area (Å²) in [5, 5.41) is 22.7. The maximum absolute atomic E-state index is 11.3. The van der Waals surface area contributed by atoms with Crippen LogP contribution in [0.25, 0.3) is 10.8 Å². The van der Waals surface area contributed by atoms with Gasteiger partial charge in [0.15, 0.2) is 12.5 Å². The smallest absolute Gasteiger partial charge is 0.280 e. The maximum Gasteiger partial charge on any atom is 0.280 e. The molecule has 2 aromatic carbocycles. The van der Waals surface area contributed by atoms with Crippen LogP contribution in [-0.4, -0.2) is 29.9 Å². The fourth-order valence-corrected chi connectivity index (χ4v) is 2.95. The first kappa shape index (κ1) is 13.5. The van der Waals surface area contributed by atoms with E-state index in [1.165, 1.54) is 0 Å². The Hall–Kier alpha value is -1.51. The van der Waals surface area contributed by atoms with Crippen LogP contribution in [0.5, 0.6) is 0 Å². The minimum atomic E-state index is -3.86. The van der Waals surface area contributed by atoms with E-state index in [-0.39, 0.29) is 0 Å². The number of hydrogen-bond acceptors (Lipinski definition) is 6. The van der Waals surface area contributed by atoms with Crippen LogP contribution in [0.4, 0.5) is 0 Å². The van der Waals surface area contributed by atoms with Gasteiger partial charge in [0.1, 0.15) is 0 Å². The summed E-state index contributed by atoms with van der Waals surface area (Å²) in [5.41, 5.74) is 0.985. The number of hydrogen-bond donors (Lipinski definition) is 2. The predicted molar refractivity (Wildman–Crippen MR) is 71.6 cm³/mol. The van der Waals surface area contributed by atoms with E-state index in [2.05, 4.69) is 0 Å². The molecule has 0 aromatic heterocycles. The van der Waals surface area contributed by atoms with E-state index in [1.54, 1.807) is 24.3 Å². The van der Waals surface area contributed by atoms with Gasteiger partial charge in [0.25, 0.3) is 10.1 Å². The maximum atomic E-state index is 11.3. The first-order chi connectivity index (χ1) is 9.38. The van der Waals surface area contributed by atoms with Crippen LogP contribution >= 0.6 is 0 Å². The molecule has 0 saturated heterocycles. The predicted octanol–water partition coefficient (Wildman–Crippen LogP) is 1.03. The summed E-state index contributed by atoms with van der Waals surface area (Å²) in [6, 6.07) is 10.5. The Morgan fingerprint density at radius 3 is 2.00 bits per heavy atom. The van der Waals surface area contributed by atoms with Crippen molar-refractivity contribution >= 4 is 20.9 Å². The van der Waals surface area contributed by atoms with E-state index in [0.29, 0.717) is 21.6 Å². The molecule has 0 fully saturated rings. The Morgan fingerprint density at radius 2 is 1.55 bits per heavy atom. The molecule has 106 valence electrons. The summed E-state index contributed by atoms with van der Waals surface area (Å²) in [7, 11) is -3.86. The van der Waals surface area contributed by atoms with Crippen LogP contribution in [0.3, 0.4) is 0 Å². The lowest BCUT2D eigenvalue weighted by Crippen LogP contribution is -2.37. The van der Waals surface area contributed by atoms with Crippen LogP contribution in [0, 0.1) is 0 Å². The van der Waals surface area contributed by atoms with E-state index in [1.807, 2.05) is 12.1 Å². The van der Waals surface area contributed by atoms with Gasteiger partial charge < -0.3 is 10.2 Å². The topological polar surface area (TPSA) is 87.1 Å². The molecule has 0 spiro atoms. The van der Waals surface area contributed by atoms with Crippen LogP contribution in [0.15, 0.2) is 36.4 Å². The molecule has 0 aliphatic carbocycles. The molecule has 20 heavy (non-hydrogen) atoms. The van der Waals surface area contributed by atoms with Gasteiger partial charge in [-0.1, -0.05) is 36.4 Å². The normalized spacial score (nSPS) is 23.1. The average Bonchev–Trinajstić information content (AvgIpc) is 2.39. The summed E-state index contributed by atoms with van der Waals surface area (Å²) < 4.78 is 27.2. The Labute approximate surface area is 115 Å². The molecule has 0 saturated carbocycles. The van der Waals surface area contributed by atoms with Crippen molar-refractivity contribution < 1.29 is 22.9 Å². The minimum absolute atomic E-state index is 0.493. The molecule has 0 bridgehead atoms. The van der Waals surface area contributed by atoms with E-state index in [4.69, 9.17) is 4.28 Å². The van der Waals surface area contributed by atoms with Crippen molar-refractivity contribution in [3.63, 3.8) is 0 Å². The average molecular weight is 295 g/mol. The van der Waals surface area contributed by atoms with Crippen molar-refractivity contribution in [3.8, 4) is 0 Å². The third-order valence-electron chi connectivity index (χ3n) is 3.23. The van der Waals surface area contributed by atoms with Crippen molar-refractivity contribution in [2.75, 3.05) is 6.26 Å². The molecule has 2 atom stereocenters. The molecule has 0 radical (unpaired) electrons. The second kappa shape index (κ2) is 4.51. The lowest BCUT2D eigenvalue weighted by molar-refractivity contribution is -0.254. The second-order valence-electron chi connectivity index (χ2n) is 4.68. The summed E-state index contributed by atoms with van der Waals surface area (Å²) in [6.45, 7) is 0. The van der Waals surface area contributed by atoms with Crippen LogP contribution < -0.4 is 0 Å². The summed E-state index contributed by atoms with van der Waals surface area (Å²) in [4.78, 5) is 0. The largest absolute Gasteiger partial charge is 0.372 e. The lowest BCUT2D eigenvalue weighted by Gasteiger charge is -2.35. The van der Waals surface area contributed by atoms with E-state index in [0.717, 1.165) is 11.6 Å². The highest BCUT2D eigenvalue weighted by Gasteiger charge is 2.36. The van der Waals surface area contributed by atoms with Crippen molar-refractivity contribution in [3.05, 3.63) is 47.5 Å². The van der Waals surface area contributed by atoms with Gasteiger partial charge in [-0.05, 0) is 10.8 Å².